The largest absolute Gasteiger partial charge is 0.617 e. The van der Waals surface area contributed by atoms with Crippen LogP contribution in [0.15, 0.2) is 18.2 Å². The highest BCUT2D eigenvalue weighted by Gasteiger charge is 2.17. The van der Waals surface area contributed by atoms with E-state index < -0.39 is 0 Å². The number of carbonyl (C=O) groups is 1. The topological polar surface area (TPSA) is 65.3 Å². The van der Waals surface area contributed by atoms with Crippen LogP contribution in [0.4, 0.5) is 0 Å². The highest BCUT2D eigenvalue weighted by Crippen LogP contribution is 2.24. The Balaban J connectivity index is 2.11. The number of methoxy groups -OCH3 is 1. The van der Waals surface area contributed by atoms with Crippen LogP contribution >= 0.6 is 11.3 Å². The number of hydrogen-bond acceptors (Lipinski definition) is 4. The molecule has 0 saturated heterocycles. The number of thiazole rings is 1. The summed E-state index contributed by atoms with van der Waals surface area (Å²) in [6.45, 7) is 4.16. The smallest absolute Gasteiger partial charge is 0.251 e. The van der Waals surface area contributed by atoms with E-state index in [1.165, 1.54) is 11.3 Å². The summed E-state index contributed by atoms with van der Waals surface area (Å²) >= 11 is 1.45. The van der Waals surface area contributed by atoms with Gasteiger partial charge in [-0.15, -0.1) is 0 Å². The third-order valence-corrected chi connectivity index (χ3v) is 4.17. The second-order valence-corrected chi connectivity index (χ2v) is 5.93. The van der Waals surface area contributed by atoms with E-state index in [9.17, 15) is 10.0 Å². The van der Waals surface area contributed by atoms with Gasteiger partial charge in [-0.05, 0) is 12.1 Å². The predicted molar refractivity (Wildman–Crippen MR) is 78.9 cm³/mol. The SMILES string of the molecule is COc1ccc2sc(CCNC(=O)C(C)C)[n+]([O-])c2c1. The molecule has 1 aromatic carbocycles. The van der Waals surface area contributed by atoms with Crippen LogP contribution in [0.25, 0.3) is 10.2 Å². The quantitative estimate of drug-likeness (QED) is 0.676. The fraction of sp³-hybridized carbons (Fsp3) is 0.429. The van der Waals surface area contributed by atoms with Crippen molar-refractivity contribution in [3.05, 3.63) is 28.4 Å². The molecular weight excluding hydrogens is 276 g/mol. The van der Waals surface area contributed by atoms with Crippen molar-refractivity contribution in [1.29, 1.82) is 0 Å². The minimum atomic E-state index is -0.0407. The first-order chi connectivity index (χ1) is 9.52. The van der Waals surface area contributed by atoms with Crippen molar-refractivity contribution in [2.45, 2.75) is 20.3 Å². The lowest BCUT2D eigenvalue weighted by Gasteiger charge is -2.06. The van der Waals surface area contributed by atoms with Crippen molar-refractivity contribution >= 4 is 27.5 Å². The summed E-state index contributed by atoms with van der Waals surface area (Å²) in [4.78, 5) is 11.5. The van der Waals surface area contributed by atoms with Crippen LogP contribution in [0.5, 0.6) is 5.75 Å². The first-order valence-corrected chi connectivity index (χ1v) is 7.31. The average molecular weight is 294 g/mol. The van der Waals surface area contributed by atoms with Crippen molar-refractivity contribution in [2.24, 2.45) is 5.92 Å². The number of aromatic nitrogens is 1. The number of fused-ring (bicyclic) bond motifs is 1. The number of rotatable bonds is 5. The van der Waals surface area contributed by atoms with Crippen molar-refractivity contribution in [2.75, 3.05) is 13.7 Å². The van der Waals surface area contributed by atoms with Gasteiger partial charge in [0.1, 0.15) is 10.4 Å². The van der Waals surface area contributed by atoms with E-state index in [0.29, 0.717) is 29.2 Å². The molecule has 2 rings (SSSR count). The van der Waals surface area contributed by atoms with Gasteiger partial charge in [-0.1, -0.05) is 25.2 Å². The zero-order valence-corrected chi connectivity index (χ0v) is 12.6. The van der Waals surface area contributed by atoms with Crippen molar-refractivity contribution < 1.29 is 14.3 Å². The van der Waals surface area contributed by atoms with E-state index >= 15 is 0 Å². The molecule has 1 heterocycles. The lowest BCUT2D eigenvalue weighted by atomic mass is 10.2. The van der Waals surface area contributed by atoms with Gasteiger partial charge in [0, 0.05) is 12.5 Å². The summed E-state index contributed by atoms with van der Waals surface area (Å²) in [5, 5.41) is 15.7. The Hall–Kier alpha value is -1.82. The Labute approximate surface area is 121 Å². The highest BCUT2D eigenvalue weighted by molar-refractivity contribution is 7.18. The molecule has 0 saturated carbocycles. The maximum absolute atomic E-state index is 12.2. The van der Waals surface area contributed by atoms with Crippen LogP contribution in [0.1, 0.15) is 18.9 Å². The molecular formula is C14H18N2O3S. The summed E-state index contributed by atoms with van der Waals surface area (Å²) < 4.78 is 6.96. The maximum Gasteiger partial charge on any atom is 0.251 e. The molecule has 0 fully saturated rings. The van der Waals surface area contributed by atoms with Gasteiger partial charge >= 0.3 is 0 Å². The standard InChI is InChI=1S/C14H18N2O3S/c1-9(2)14(17)15-7-6-13-16(18)11-8-10(19-3)4-5-12(11)20-13/h4-5,8-9H,6-7H2,1-3H3,(H,15,17). The molecule has 1 N–H and O–H groups in total. The average Bonchev–Trinajstić information content (AvgIpc) is 2.75. The lowest BCUT2D eigenvalue weighted by molar-refractivity contribution is -0.580. The fourth-order valence-corrected chi connectivity index (χ4v) is 2.84. The summed E-state index contributed by atoms with van der Waals surface area (Å²) in [5.41, 5.74) is 0.611. The molecule has 2 aromatic rings. The van der Waals surface area contributed by atoms with Crippen LogP contribution < -0.4 is 14.8 Å². The maximum atomic E-state index is 12.2. The number of ether oxygens (including phenoxy) is 1. The Bertz CT molecular complexity index is 622. The molecule has 0 unspecified atom stereocenters. The third kappa shape index (κ3) is 3.01. The van der Waals surface area contributed by atoms with Crippen LogP contribution in [0, 0.1) is 11.1 Å². The van der Waals surface area contributed by atoms with Gasteiger partial charge in [0.05, 0.1) is 19.6 Å². The van der Waals surface area contributed by atoms with Crippen molar-refractivity contribution in [3.8, 4) is 5.75 Å². The molecule has 5 nitrogen and oxygen atoms in total. The van der Waals surface area contributed by atoms with Gasteiger partial charge in [-0.25, -0.2) is 0 Å². The number of hydrogen-bond donors (Lipinski definition) is 1. The zero-order chi connectivity index (χ0) is 14.7. The Morgan fingerprint density at radius 2 is 2.25 bits per heavy atom. The second kappa shape index (κ2) is 6.09. The van der Waals surface area contributed by atoms with E-state index in [-0.39, 0.29) is 11.8 Å². The predicted octanol–water partition coefficient (Wildman–Crippen LogP) is 1.86. The van der Waals surface area contributed by atoms with Crippen molar-refractivity contribution in [1.82, 2.24) is 5.32 Å². The normalized spacial score (nSPS) is 11.0. The van der Waals surface area contributed by atoms with Gasteiger partial charge in [-0.3, -0.25) is 4.79 Å². The minimum absolute atomic E-state index is 0.00484. The van der Waals surface area contributed by atoms with E-state index in [0.717, 1.165) is 9.43 Å². The minimum Gasteiger partial charge on any atom is -0.617 e. The third-order valence-electron chi connectivity index (χ3n) is 3.00. The molecule has 0 spiro atoms. The van der Waals surface area contributed by atoms with Gasteiger partial charge in [0.15, 0.2) is 0 Å². The first kappa shape index (κ1) is 14.6. The van der Waals surface area contributed by atoms with Gasteiger partial charge in [-0.2, -0.15) is 4.73 Å². The van der Waals surface area contributed by atoms with Crippen LogP contribution in [-0.4, -0.2) is 19.6 Å². The van der Waals surface area contributed by atoms with E-state index in [1.807, 2.05) is 26.0 Å². The molecule has 0 atom stereocenters. The zero-order valence-electron chi connectivity index (χ0n) is 11.8. The Morgan fingerprint density at radius 3 is 2.90 bits per heavy atom. The number of nitrogens with one attached hydrogen (secondary N) is 1. The van der Waals surface area contributed by atoms with Crippen LogP contribution in [0.3, 0.4) is 0 Å². The van der Waals surface area contributed by atoms with E-state index in [1.54, 1.807) is 13.2 Å². The fourth-order valence-electron chi connectivity index (χ4n) is 1.82. The van der Waals surface area contributed by atoms with Gasteiger partial charge < -0.3 is 15.3 Å². The van der Waals surface area contributed by atoms with Gasteiger partial charge in [0.25, 0.3) is 5.01 Å². The summed E-state index contributed by atoms with van der Waals surface area (Å²) in [6, 6.07) is 5.45. The number of benzene rings is 1. The molecule has 1 amide bonds. The monoisotopic (exact) mass is 294 g/mol. The molecule has 6 heteroatoms. The molecule has 0 aliphatic rings. The highest BCUT2D eigenvalue weighted by atomic mass is 32.1. The summed E-state index contributed by atoms with van der Waals surface area (Å²) in [5.74, 6) is 0.630. The van der Waals surface area contributed by atoms with E-state index in [2.05, 4.69) is 5.32 Å². The Morgan fingerprint density at radius 1 is 1.50 bits per heavy atom. The number of amides is 1. The number of carbonyl (C=O) groups excluding carboxylic acids is 1. The second-order valence-electron chi connectivity index (χ2n) is 4.82. The molecule has 108 valence electrons. The van der Waals surface area contributed by atoms with Gasteiger partial charge in [0.2, 0.25) is 11.4 Å². The molecule has 1 aromatic heterocycles. The molecule has 20 heavy (non-hydrogen) atoms. The van der Waals surface area contributed by atoms with Crippen molar-refractivity contribution in [3.63, 3.8) is 0 Å². The Kier molecular flexibility index (Phi) is 4.44. The number of nitrogens with zero attached hydrogens (tertiary/aromatic N) is 1. The van der Waals surface area contributed by atoms with Crippen LogP contribution in [-0.2, 0) is 11.2 Å². The molecule has 0 aliphatic heterocycles. The summed E-state index contributed by atoms with van der Waals surface area (Å²) in [6.07, 6.45) is 0.531. The van der Waals surface area contributed by atoms with Crippen LogP contribution in [0.2, 0.25) is 0 Å². The molecule has 0 radical (unpaired) electrons. The first-order valence-electron chi connectivity index (χ1n) is 6.49. The molecule has 0 bridgehead atoms. The lowest BCUT2D eigenvalue weighted by Crippen LogP contribution is -2.34. The summed E-state index contributed by atoms with van der Waals surface area (Å²) in [7, 11) is 1.57. The van der Waals surface area contributed by atoms with E-state index in [4.69, 9.17) is 4.74 Å². The molecule has 0 aliphatic carbocycles.